The lowest BCUT2D eigenvalue weighted by atomic mass is 10.0. The second-order valence-electron chi connectivity index (χ2n) is 5.62. The Morgan fingerprint density at radius 1 is 1.15 bits per heavy atom. The average Bonchev–Trinajstić information content (AvgIpc) is 2.61. The molecule has 0 bridgehead atoms. The van der Waals surface area contributed by atoms with Gasteiger partial charge in [0.15, 0.2) is 6.10 Å². The molecule has 2 atom stereocenters. The monoisotopic (exact) mass is 402 g/mol. The zero-order valence-corrected chi connectivity index (χ0v) is 14.3. The van der Waals surface area contributed by atoms with Crippen LogP contribution < -0.4 is 5.32 Å². The molecule has 6 nitrogen and oxygen atoms in total. The third-order valence-electron chi connectivity index (χ3n) is 3.65. The van der Waals surface area contributed by atoms with Crippen LogP contribution in [0.15, 0.2) is 42.6 Å². The minimum atomic E-state index is -4.55. The largest absolute Gasteiger partial charge is 0.480 e. The number of carbonyl (C=O) groups is 2. The second-order valence-corrected chi connectivity index (χ2v) is 6.00. The number of alkyl halides is 3. The number of halogens is 4. The summed E-state index contributed by atoms with van der Waals surface area (Å²) in [5, 5.41) is 21.6. The molecule has 0 fully saturated rings. The van der Waals surface area contributed by atoms with Crippen LogP contribution in [0.4, 0.5) is 13.2 Å². The molecule has 1 aromatic carbocycles. The van der Waals surface area contributed by atoms with Crippen LogP contribution in [0.3, 0.4) is 0 Å². The maximum atomic E-state index is 12.6. The standard InChI is InChI=1S/C17H14ClF3N2O4/c18-13-6-1-9(8-22-13)7-12(16(26)27)23-15(25)14(24)10-2-4-11(5-3-10)17(19,20)21/h1-6,8,12,14,24H,7H2,(H,23,25)(H,26,27)/t12-,14+/m1/s1. The topological polar surface area (TPSA) is 99.5 Å². The summed E-state index contributed by atoms with van der Waals surface area (Å²) in [7, 11) is 0. The SMILES string of the molecule is O=C(N[C@H](Cc1ccc(Cl)nc1)C(=O)O)[C@@H](O)c1ccc(C(F)(F)F)cc1. The number of pyridine rings is 1. The first-order chi connectivity index (χ1) is 12.6. The summed E-state index contributed by atoms with van der Waals surface area (Å²) in [6.45, 7) is 0. The molecule has 0 saturated carbocycles. The van der Waals surface area contributed by atoms with Crippen molar-refractivity contribution < 1.29 is 33.0 Å². The molecule has 2 aromatic rings. The van der Waals surface area contributed by atoms with Gasteiger partial charge in [0.25, 0.3) is 5.91 Å². The van der Waals surface area contributed by atoms with Crippen molar-refractivity contribution in [1.29, 1.82) is 0 Å². The number of carboxylic acids is 1. The molecular formula is C17H14ClF3N2O4. The number of hydrogen-bond donors (Lipinski definition) is 3. The van der Waals surface area contributed by atoms with Gasteiger partial charge in [-0.2, -0.15) is 13.2 Å². The predicted octanol–water partition coefficient (Wildman–Crippen LogP) is 2.60. The van der Waals surface area contributed by atoms with E-state index >= 15 is 0 Å². The molecule has 0 saturated heterocycles. The summed E-state index contributed by atoms with van der Waals surface area (Å²) in [5.41, 5.74) is -0.550. The van der Waals surface area contributed by atoms with Crippen molar-refractivity contribution in [3.63, 3.8) is 0 Å². The number of rotatable bonds is 6. The van der Waals surface area contributed by atoms with Crippen molar-refractivity contribution in [1.82, 2.24) is 10.3 Å². The minimum absolute atomic E-state index is 0.0993. The molecule has 0 aliphatic rings. The fourth-order valence-electron chi connectivity index (χ4n) is 2.22. The van der Waals surface area contributed by atoms with E-state index in [1.54, 1.807) is 0 Å². The number of hydrogen-bond acceptors (Lipinski definition) is 4. The number of carbonyl (C=O) groups excluding carboxylic acids is 1. The van der Waals surface area contributed by atoms with E-state index in [9.17, 15) is 33.0 Å². The second kappa shape index (κ2) is 8.36. The van der Waals surface area contributed by atoms with Gasteiger partial charge in [-0.05, 0) is 29.3 Å². The van der Waals surface area contributed by atoms with Crippen LogP contribution in [-0.4, -0.2) is 33.1 Å². The summed E-state index contributed by atoms with van der Waals surface area (Å²) >= 11 is 5.64. The van der Waals surface area contributed by atoms with Crippen LogP contribution in [0.1, 0.15) is 22.8 Å². The van der Waals surface area contributed by atoms with Crippen LogP contribution >= 0.6 is 11.6 Å². The zero-order chi connectivity index (χ0) is 20.2. The number of nitrogens with one attached hydrogen (secondary N) is 1. The van der Waals surface area contributed by atoms with Gasteiger partial charge in [-0.3, -0.25) is 4.79 Å². The summed E-state index contributed by atoms with van der Waals surface area (Å²) < 4.78 is 37.7. The number of aromatic nitrogens is 1. The summed E-state index contributed by atoms with van der Waals surface area (Å²) in [6.07, 6.45) is -5.15. The highest BCUT2D eigenvalue weighted by Gasteiger charge is 2.31. The summed E-state index contributed by atoms with van der Waals surface area (Å²) in [6, 6.07) is 4.96. The lowest BCUT2D eigenvalue weighted by Crippen LogP contribution is -2.44. The molecule has 10 heteroatoms. The molecule has 0 radical (unpaired) electrons. The molecule has 1 aromatic heterocycles. The molecule has 0 spiro atoms. The molecule has 2 rings (SSSR count). The highest BCUT2D eigenvalue weighted by atomic mass is 35.5. The Balaban J connectivity index is 2.07. The third-order valence-corrected chi connectivity index (χ3v) is 3.87. The van der Waals surface area contributed by atoms with Gasteiger partial charge in [-0.1, -0.05) is 29.8 Å². The van der Waals surface area contributed by atoms with Gasteiger partial charge in [-0.15, -0.1) is 0 Å². The Kier molecular flexibility index (Phi) is 6.40. The molecule has 1 heterocycles. The van der Waals surface area contributed by atoms with Crippen LogP contribution in [0.25, 0.3) is 0 Å². The van der Waals surface area contributed by atoms with Crippen LogP contribution in [0, 0.1) is 0 Å². The third kappa shape index (κ3) is 5.66. The van der Waals surface area contributed by atoms with Crippen molar-refractivity contribution in [2.45, 2.75) is 24.7 Å². The highest BCUT2D eigenvalue weighted by molar-refractivity contribution is 6.29. The van der Waals surface area contributed by atoms with Crippen molar-refractivity contribution in [2.75, 3.05) is 0 Å². The Morgan fingerprint density at radius 2 is 1.78 bits per heavy atom. The Labute approximate surface area is 156 Å². The number of aliphatic hydroxyl groups excluding tert-OH is 1. The molecule has 0 aliphatic carbocycles. The van der Waals surface area contributed by atoms with E-state index in [2.05, 4.69) is 10.3 Å². The molecule has 0 unspecified atom stereocenters. The van der Waals surface area contributed by atoms with E-state index in [-0.39, 0.29) is 17.1 Å². The fourth-order valence-corrected chi connectivity index (χ4v) is 2.33. The Bertz CT molecular complexity index is 810. The van der Waals surface area contributed by atoms with Crippen molar-refractivity contribution >= 4 is 23.5 Å². The first-order valence-electron chi connectivity index (χ1n) is 7.57. The molecule has 1 amide bonds. The van der Waals surface area contributed by atoms with Gasteiger partial charge in [0.05, 0.1) is 5.56 Å². The smallest absolute Gasteiger partial charge is 0.416 e. The van der Waals surface area contributed by atoms with Gasteiger partial charge in [-0.25, -0.2) is 9.78 Å². The van der Waals surface area contributed by atoms with E-state index in [1.165, 1.54) is 18.3 Å². The van der Waals surface area contributed by atoms with Gasteiger partial charge in [0.2, 0.25) is 0 Å². The average molecular weight is 403 g/mol. The lowest BCUT2D eigenvalue weighted by Gasteiger charge is -2.18. The molecule has 27 heavy (non-hydrogen) atoms. The van der Waals surface area contributed by atoms with Crippen LogP contribution in [-0.2, 0) is 22.2 Å². The predicted molar refractivity (Wildman–Crippen MR) is 88.9 cm³/mol. The number of aliphatic carboxylic acids is 1. The van der Waals surface area contributed by atoms with Gasteiger partial charge in [0.1, 0.15) is 11.2 Å². The molecular weight excluding hydrogens is 389 g/mol. The number of aliphatic hydroxyl groups is 1. The highest BCUT2D eigenvalue weighted by Crippen LogP contribution is 2.30. The van der Waals surface area contributed by atoms with Gasteiger partial charge >= 0.3 is 12.1 Å². The first-order valence-corrected chi connectivity index (χ1v) is 7.94. The summed E-state index contributed by atoms with van der Waals surface area (Å²) in [4.78, 5) is 27.3. The molecule has 144 valence electrons. The number of nitrogens with zero attached hydrogens (tertiary/aromatic N) is 1. The van der Waals surface area contributed by atoms with E-state index in [0.29, 0.717) is 5.56 Å². The maximum Gasteiger partial charge on any atom is 0.416 e. The van der Waals surface area contributed by atoms with Crippen LogP contribution in [0.5, 0.6) is 0 Å². The van der Waals surface area contributed by atoms with Gasteiger partial charge < -0.3 is 15.5 Å². The lowest BCUT2D eigenvalue weighted by molar-refractivity contribution is -0.143. The quantitative estimate of drug-likeness (QED) is 0.645. The fraction of sp³-hybridized carbons (Fsp3) is 0.235. The van der Waals surface area contributed by atoms with Crippen LogP contribution in [0.2, 0.25) is 5.15 Å². The van der Waals surface area contributed by atoms with Crippen molar-refractivity contribution in [2.24, 2.45) is 0 Å². The minimum Gasteiger partial charge on any atom is -0.480 e. The van der Waals surface area contributed by atoms with E-state index in [4.69, 9.17) is 11.6 Å². The summed E-state index contributed by atoms with van der Waals surface area (Å²) in [5.74, 6) is -2.40. The number of carboxylic acid groups (broad SMARTS) is 1. The first kappa shape index (κ1) is 20.7. The van der Waals surface area contributed by atoms with Crippen molar-refractivity contribution in [3.8, 4) is 0 Å². The van der Waals surface area contributed by atoms with E-state index in [0.717, 1.165) is 24.3 Å². The number of amides is 1. The zero-order valence-electron chi connectivity index (χ0n) is 13.6. The maximum absolute atomic E-state index is 12.6. The molecule has 0 aliphatic heterocycles. The van der Waals surface area contributed by atoms with E-state index in [1.807, 2.05) is 0 Å². The Morgan fingerprint density at radius 3 is 2.26 bits per heavy atom. The Hall–Kier alpha value is -2.65. The van der Waals surface area contributed by atoms with Crippen molar-refractivity contribution in [3.05, 3.63) is 64.4 Å². The normalized spacial score (nSPS) is 13.7. The van der Waals surface area contributed by atoms with Gasteiger partial charge in [0, 0.05) is 12.6 Å². The molecule has 3 N–H and O–H groups in total. The number of benzene rings is 1. The van der Waals surface area contributed by atoms with E-state index < -0.39 is 35.8 Å².